The zero-order valence-corrected chi connectivity index (χ0v) is 56.1. The highest BCUT2D eigenvalue weighted by Gasteiger charge is 2.37. The molecule has 0 aliphatic carbocycles. The van der Waals surface area contributed by atoms with Crippen molar-refractivity contribution in [2.24, 2.45) is 0 Å². The third kappa shape index (κ3) is 8.59. The second kappa shape index (κ2) is 20.5. The summed E-state index contributed by atoms with van der Waals surface area (Å²) in [5.41, 5.74) is 21.3. The number of fused-ring (bicyclic) bond motifs is 15. The average molecular weight is 1230 g/mol. The average Bonchev–Trinajstić information content (AvgIpc) is 1.59. The van der Waals surface area contributed by atoms with Crippen molar-refractivity contribution in [1.82, 2.24) is 27.8 Å². The van der Waals surface area contributed by atoms with Crippen LogP contribution in [-0.4, -0.2) is 27.8 Å². The zero-order chi connectivity index (χ0) is 65.4. The summed E-state index contributed by atoms with van der Waals surface area (Å²) in [5.74, 6) is 0. The lowest BCUT2D eigenvalue weighted by molar-refractivity contribution is 0.591. The summed E-state index contributed by atoms with van der Waals surface area (Å²) < 4.78 is 12.5. The number of benzene rings is 11. The van der Waals surface area contributed by atoms with Crippen molar-refractivity contribution in [1.29, 1.82) is 5.26 Å². The number of nitrogens with zero attached hydrogens (tertiary/aromatic N) is 7. The van der Waals surface area contributed by atoms with E-state index in [0.717, 1.165) is 149 Å². The summed E-state index contributed by atoms with van der Waals surface area (Å²) in [6.45, 7) is 27.6. The van der Waals surface area contributed by atoms with Crippen LogP contribution in [0, 0.1) is 11.3 Å². The van der Waals surface area contributed by atoms with Crippen LogP contribution in [0.3, 0.4) is 0 Å². The van der Waals surface area contributed by atoms with E-state index in [1.165, 1.54) is 22.3 Å². The molecule has 0 saturated heterocycles. The van der Waals surface area contributed by atoms with Crippen molar-refractivity contribution in [3.63, 3.8) is 0 Å². The number of hydrogen-bond acceptors (Lipinski definition) is 2. The van der Waals surface area contributed by atoms with Crippen molar-refractivity contribution in [3.05, 3.63) is 265 Å². The SMILES string of the molecule is CC(C)(C)c1ccc2c(c1)c1ccccc1n2-c1c(C#N)c(-n2c3ccccc3c3cc(C(C)(C)C)ccc32)c(-n2c3ccccc3c3cc(C(C)(C)C)ccc32)c(-c2ccccc2-n2c3ccccc3c3cnccc32)c1-n1c2ccccc2c2cc(C(C)(C)C)ccc21. The van der Waals surface area contributed by atoms with E-state index in [-0.39, 0.29) is 21.7 Å². The Balaban J connectivity index is 1.23. The molecule has 0 amide bonds. The maximum atomic E-state index is 13.5. The Hall–Kier alpha value is -10.9. The van der Waals surface area contributed by atoms with Crippen LogP contribution in [0.15, 0.2) is 237 Å². The number of para-hydroxylation sites is 6. The molecule has 17 aromatic rings. The highest BCUT2D eigenvalue weighted by Crippen LogP contribution is 2.54. The number of hydrogen-bond donors (Lipinski definition) is 0. The smallest absolute Gasteiger partial charge is 0.104 e. The van der Waals surface area contributed by atoms with Gasteiger partial charge in [0.05, 0.1) is 83.6 Å². The number of pyridine rings is 1. The third-order valence-corrected chi connectivity index (χ3v) is 20.4. The molecule has 0 aliphatic rings. The minimum atomic E-state index is -0.151. The summed E-state index contributed by atoms with van der Waals surface area (Å²) in [6, 6.07) is 87.1. The van der Waals surface area contributed by atoms with Crippen LogP contribution in [0.2, 0.25) is 0 Å². The third-order valence-electron chi connectivity index (χ3n) is 20.4. The van der Waals surface area contributed by atoms with Crippen LogP contribution in [0.5, 0.6) is 0 Å². The molecule has 462 valence electrons. The van der Waals surface area contributed by atoms with Crippen molar-refractivity contribution in [2.75, 3.05) is 0 Å². The predicted octanol–water partition coefficient (Wildman–Crippen LogP) is 23.3. The van der Waals surface area contributed by atoms with Gasteiger partial charge in [-0.25, -0.2) is 0 Å². The van der Waals surface area contributed by atoms with E-state index in [1.807, 2.05) is 12.4 Å². The van der Waals surface area contributed by atoms with Gasteiger partial charge >= 0.3 is 0 Å². The number of aromatic nitrogens is 6. The molecule has 0 spiro atoms. The van der Waals surface area contributed by atoms with Crippen molar-refractivity contribution in [3.8, 4) is 45.6 Å². The summed E-state index contributed by atoms with van der Waals surface area (Å²) >= 11 is 0. The molecule has 6 heterocycles. The molecule has 0 atom stereocenters. The molecule has 95 heavy (non-hydrogen) atoms. The Morgan fingerprint density at radius 3 is 0.916 bits per heavy atom. The lowest BCUT2D eigenvalue weighted by atomic mass is 9.86. The topological polar surface area (TPSA) is 61.3 Å². The van der Waals surface area contributed by atoms with Crippen molar-refractivity contribution < 1.29 is 0 Å². The normalized spacial score (nSPS) is 12.8. The summed E-state index contributed by atoms with van der Waals surface area (Å²) in [5, 5.41) is 24.7. The highest BCUT2D eigenvalue weighted by molar-refractivity contribution is 6.18. The first-order chi connectivity index (χ1) is 45.7. The van der Waals surface area contributed by atoms with E-state index < -0.39 is 0 Å². The van der Waals surface area contributed by atoms with E-state index in [9.17, 15) is 5.26 Å². The van der Waals surface area contributed by atoms with Gasteiger partial charge in [-0.15, -0.1) is 0 Å². The lowest BCUT2D eigenvalue weighted by Gasteiger charge is -2.30. The summed E-state index contributed by atoms with van der Waals surface area (Å²) in [4.78, 5) is 4.78. The van der Waals surface area contributed by atoms with Crippen LogP contribution in [0.25, 0.3) is 149 Å². The van der Waals surface area contributed by atoms with Gasteiger partial charge in [-0.1, -0.05) is 217 Å². The molecule has 0 N–H and O–H groups in total. The Morgan fingerprint density at radius 2 is 0.568 bits per heavy atom. The molecule has 11 aromatic carbocycles. The van der Waals surface area contributed by atoms with Crippen molar-refractivity contribution >= 4 is 109 Å². The highest BCUT2D eigenvalue weighted by atomic mass is 15.1. The van der Waals surface area contributed by atoms with Gasteiger partial charge < -0.3 is 22.8 Å². The molecule has 0 radical (unpaired) electrons. The molecule has 7 heteroatoms. The molecule has 17 rings (SSSR count). The Bertz CT molecular complexity index is 5810. The van der Waals surface area contributed by atoms with E-state index >= 15 is 0 Å². The maximum absolute atomic E-state index is 13.5. The Labute approximate surface area is 554 Å². The van der Waals surface area contributed by atoms with Gasteiger partial charge in [0, 0.05) is 77.4 Å². The van der Waals surface area contributed by atoms with Crippen LogP contribution in [0.1, 0.15) is 111 Å². The zero-order valence-electron chi connectivity index (χ0n) is 56.1. The maximum Gasteiger partial charge on any atom is 0.104 e. The second-order valence-corrected chi connectivity index (χ2v) is 30.4. The first-order valence-electron chi connectivity index (χ1n) is 33.4. The van der Waals surface area contributed by atoms with E-state index in [0.29, 0.717) is 5.56 Å². The fourth-order valence-electron chi connectivity index (χ4n) is 15.6. The van der Waals surface area contributed by atoms with Gasteiger partial charge in [0.15, 0.2) is 0 Å². The molecular weight excluding hydrogens is 1160 g/mol. The molecular formula is C88H75N7. The first kappa shape index (κ1) is 57.9. The monoisotopic (exact) mass is 1230 g/mol. The molecule has 0 fully saturated rings. The fraction of sp³-hybridized carbons (Fsp3) is 0.182. The van der Waals surface area contributed by atoms with Gasteiger partial charge in [-0.3, -0.25) is 4.98 Å². The van der Waals surface area contributed by atoms with Crippen LogP contribution >= 0.6 is 0 Å². The van der Waals surface area contributed by atoms with Gasteiger partial charge in [0.2, 0.25) is 0 Å². The van der Waals surface area contributed by atoms with Gasteiger partial charge in [-0.05, 0) is 135 Å². The minimum Gasteiger partial charge on any atom is -0.309 e. The van der Waals surface area contributed by atoms with Gasteiger partial charge in [0.1, 0.15) is 11.6 Å². The molecule has 0 aliphatic heterocycles. The van der Waals surface area contributed by atoms with E-state index in [4.69, 9.17) is 4.98 Å². The van der Waals surface area contributed by atoms with Gasteiger partial charge in [0.25, 0.3) is 0 Å². The van der Waals surface area contributed by atoms with E-state index in [1.54, 1.807) is 0 Å². The minimum absolute atomic E-state index is 0.150. The van der Waals surface area contributed by atoms with Gasteiger partial charge in [-0.2, -0.15) is 5.26 Å². The van der Waals surface area contributed by atoms with E-state index in [2.05, 4.69) is 336 Å². The Kier molecular flexibility index (Phi) is 12.5. The Morgan fingerprint density at radius 1 is 0.284 bits per heavy atom. The van der Waals surface area contributed by atoms with Crippen LogP contribution in [0.4, 0.5) is 0 Å². The number of nitriles is 1. The lowest BCUT2D eigenvalue weighted by Crippen LogP contribution is -2.17. The second-order valence-electron chi connectivity index (χ2n) is 30.4. The largest absolute Gasteiger partial charge is 0.309 e. The van der Waals surface area contributed by atoms with Crippen LogP contribution < -0.4 is 0 Å². The molecule has 6 aromatic heterocycles. The predicted molar refractivity (Wildman–Crippen MR) is 401 cm³/mol. The first-order valence-corrected chi connectivity index (χ1v) is 33.4. The molecule has 7 nitrogen and oxygen atoms in total. The standard InChI is InChI=1S/C88H75N7/c1-85(2,3)53-37-41-75-63(47-53)57-25-13-20-32-70(57)92(75)81-67(51-89)82(93-71-33-21-14-26-58(71)64-48-54(86(4,5)6)38-42-76(64)93)84(95-73-35-23-16-28-60(73)66-50-56(88(10,11)12)40-44-78(66)95)80(83(81)94-72-34-22-15-27-59(72)65-49-55(87(7,8)9)39-43-77(65)94)62-30-18-24-36-74(62)91-69-31-19-17-29-61(69)68-52-90-46-45-79(68)91/h13-50,52H,1-12H3. The summed E-state index contributed by atoms with van der Waals surface area (Å²) in [6.07, 6.45) is 3.93. The van der Waals surface area contributed by atoms with Crippen molar-refractivity contribution in [2.45, 2.75) is 105 Å². The molecule has 0 bridgehead atoms. The molecule has 0 saturated carbocycles. The number of rotatable bonds is 6. The van der Waals surface area contributed by atoms with Crippen LogP contribution in [-0.2, 0) is 21.7 Å². The quantitative estimate of drug-likeness (QED) is 0.167. The summed E-state index contributed by atoms with van der Waals surface area (Å²) in [7, 11) is 0. The fourth-order valence-corrected chi connectivity index (χ4v) is 15.6. The molecule has 0 unspecified atom stereocenters.